The van der Waals surface area contributed by atoms with Crippen molar-refractivity contribution in [3.63, 3.8) is 0 Å². The SMILES string of the molecule is CC(C)COc1cc(C(F)(F)F)ccc1OC1C[C@H]2CCC[C@@H](C1)N2Sc1ccc(C(F)(F)F)cn1. The van der Waals surface area contributed by atoms with Crippen molar-refractivity contribution in [2.75, 3.05) is 6.61 Å². The van der Waals surface area contributed by atoms with Gasteiger partial charge in [-0.25, -0.2) is 9.29 Å². The predicted octanol–water partition coefficient (Wildman–Crippen LogP) is 7.63. The summed E-state index contributed by atoms with van der Waals surface area (Å²) in [4.78, 5) is 3.99. The van der Waals surface area contributed by atoms with Gasteiger partial charge in [0.25, 0.3) is 0 Å². The van der Waals surface area contributed by atoms with Crippen molar-refractivity contribution in [3.05, 3.63) is 47.7 Å². The van der Waals surface area contributed by atoms with Gasteiger partial charge in [0.05, 0.1) is 17.7 Å². The quantitative estimate of drug-likeness (QED) is 0.270. The van der Waals surface area contributed by atoms with Crippen LogP contribution in [0.15, 0.2) is 41.6 Å². The Balaban J connectivity index is 1.46. The molecule has 36 heavy (non-hydrogen) atoms. The van der Waals surface area contributed by atoms with Gasteiger partial charge in [-0.2, -0.15) is 26.3 Å². The van der Waals surface area contributed by atoms with Crippen LogP contribution in [0.2, 0.25) is 0 Å². The number of hydrogen-bond acceptors (Lipinski definition) is 5. The lowest BCUT2D eigenvalue weighted by Gasteiger charge is -2.47. The van der Waals surface area contributed by atoms with Crippen molar-refractivity contribution in [1.29, 1.82) is 0 Å². The number of rotatable bonds is 7. The smallest absolute Gasteiger partial charge is 0.417 e. The van der Waals surface area contributed by atoms with Crippen LogP contribution >= 0.6 is 11.9 Å². The molecule has 0 aliphatic carbocycles. The third-order valence-electron chi connectivity index (χ3n) is 6.26. The van der Waals surface area contributed by atoms with E-state index in [1.54, 1.807) is 0 Å². The van der Waals surface area contributed by atoms with Crippen LogP contribution in [-0.4, -0.2) is 34.1 Å². The van der Waals surface area contributed by atoms with E-state index < -0.39 is 23.5 Å². The minimum Gasteiger partial charge on any atom is -0.489 e. The van der Waals surface area contributed by atoms with E-state index in [2.05, 4.69) is 9.29 Å². The Morgan fingerprint density at radius 2 is 1.58 bits per heavy atom. The molecule has 2 aliphatic rings. The van der Waals surface area contributed by atoms with Crippen LogP contribution in [0.4, 0.5) is 26.3 Å². The Kier molecular flexibility index (Phi) is 7.99. The fourth-order valence-corrected chi connectivity index (χ4v) is 5.70. The first kappa shape index (κ1) is 26.9. The van der Waals surface area contributed by atoms with Crippen molar-refractivity contribution in [1.82, 2.24) is 9.29 Å². The highest BCUT2D eigenvalue weighted by molar-refractivity contribution is 7.97. The number of benzene rings is 1. The van der Waals surface area contributed by atoms with Crippen LogP contribution in [0.1, 0.15) is 57.1 Å². The van der Waals surface area contributed by atoms with Gasteiger partial charge in [-0.3, -0.25) is 0 Å². The van der Waals surface area contributed by atoms with Crippen LogP contribution in [0.3, 0.4) is 0 Å². The van der Waals surface area contributed by atoms with Crippen molar-refractivity contribution >= 4 is 11.9 Å². The predicted molar refractivity (Wildman–Crippen MR) is 124 cm³/mol. The van der Waals surface area contributed by atoms with Crippen molar-refractivity contribution in [2.24, 2.45) is 5.92 Å². The molecule has 1 aromatic carbocycles. The molecule has 2 fully saturated rings. The third-order valence-corrected chi connectivity index (χ3v) is 7.50. The molecule has 0 radical (unpaired) electrons. The number of aromatic nitrogens is 1. The van der Waals surface area contributed by atoms with Crippen LogP contribution in [0.25, 0.3) is 0 Å². The van der Waals surface area contributed by atoms with Crippen LogP contribution in [0.5, 0.6) is 11.5 Å². The molecular weight excluding hydrogens is 506 g/mol. The van der Waals surface area contributed by atoms with E-state index >= 15 is 0 Å². The second-order valence-electron chi connectivity index (χ2n) is 9.65. The molecule has 0 saturated carbocycles. The van der Waals surface area contributed by atoms with Crippen LogP contribution < -0.4 is 9.47 Å². The van der Waals surface area contributed by atoms with Gasteiger partial charge in [-0.05, 0) is 61.0 Å². The van der Waals surface area contributed by atoms with Gasteiger partial charge >= 0.3 is 12.4 Å². The minimum absolute atomic E-state index is 0.0782. The van der Waals surface area contributed by atoms with Gasteiger partial charge in [0.2, 0.25) is 0 Å². The number of nitrogens with zero attached hydrogens (tertiary/aromatic N) is 2. The molecule has 2 aliphatic heterocycles. The fourth-order valence-electron chi connectivity index (χ4n) is 4.57. The average molecular weight is 535 g/mol. The molecule has 0 spiro atoms. The first-order valence-electron chi connectivity index (χ1n) is 11.9. The van der Waals surface area contributed by atoms with E-state index in [9.17, 15) is 26.3 Å². The lowest BCUT2D eigenvalue weighted by Crippen LogP contribution is -2.51. The lowest BCUT2D eigenvalue weighted by atomic mass is 9.85. The zero-order valence-corrected chi connectivity index (χ0v) is 20.7. The van der Waals surface area contributed by atoms with E-state index in [0.717, 1.165) is 43.7 Å². The maximum absolute atomic E-state index is 13.3. The summed E-state index contributed by atoms with van der Waals surface area (Å²) in [7, 11) is 0. The second-order valence-corrected chi connectivity index (χ2v) is 10.7. The molecule has 0 amide bonds. The lowest BCUT2D eigenvalue weighted by molar-refractivity contribution is -0.138. The summed E-state index contributed by atoms with van der Waals surface area (Å²) in [5.74, 6) is 0.498. The summed E-state index contributed by atoms with van der Waals surface area (Å²) in [6, 6.07) is 5.95. The molecule has 3 heterocycles. The molecule has 4 rings (SSSR count). The van der Waals surface area contributed by atoms with Crippen molar-refractivity contribution in [3.8, 4) is 11.5 Å². The van der Waals surface area contributed by atoms with Crippen molar-refractivity contribution in [2.45, 2.75) is 81.5 Å². The Hall–Kier alpha value is -2.14. The Bertz CT molecular complexity index is 1010. The van der Waals surface area contributed by atoms with E-state index in [1.165, 1.54) is 24.1 Å². The zero-order valence-electron chi connectivity index (χ0n) is 19.9. The van der Waals surface area contributed by atoms with Gasteiger partial charge in [-0.15, -0.1) is 0 Å². The zero-order chi connectivity index (χ0) is 26.1. The summed E-state index contributed by atoms with van der Waals surface area (Å²) < 4.78 is 92.4. The molecule has 198 valence electrons. The van der Waals surface area contributed by atoms with Gasteiger partial charge in [0, 0.05) is 31.1 Å². The van der Waals surface area contributed by atoms with Crippen LogP contribution in [0, 0.1) is 5.92 Å². The second kappa shape index (κ2) is 10.7. The molecule has 2 saturated heterocycles. The Labute approximate surface area is 210 Å². The number of ether oxygens (including phenoxy) is 2. The highest BCUT2D eigenvalue weighted by atomic mass is 32.2. The van der Waals surface area contributed by atoms with E-state index in [-0.39, 0.29) is 42.2 Å². The number of piperidine rings is 2. The highest BCUT2D eigenvalue weighted by Gasteiger charge is 2.41. The number of fused-ring (bicyclic) bond motifs is 2. The largest absolute Gasteiger partial charge is 0.489 e. The average Bonchev–Trinajstić information content (AvgIpc) is 2.78. The standard InChI is InChI=1S/C25H28F6N2O2S/c1-15(2)14-34-22-10-16(24(26,27)28)6-8-21(22)35-20-11-18-4-3-5-19(12-20)33(18)36-23-9-7-17(13-32-23)25(29,30)31/h6-10,13,15,18-20H,3-5,11-12,14H2,1-2H3/t18-,19+,20?. The molecule has 2 aromatic rings. The van der Waals surface area contributed by atoms with Gasteiger partial charge in [0.15, 0.2) is 11.5 Å². The van der Waals surface area contributed by atoms with Crippen molar-refractivity contribution < 1.29 is 35.8 Å². The Morgan fingerprint density at radius 1 is 0.944 bits per heavy atom. The monoisotopic (exact) mass is 534 g/mol. The first-order chi connectivity index (χ1) is 16.9. The molecule has 1 aromatic heterocycles. The molecular formula is C25H28F6N2O2S. The minimum atomic E-state index is -4.49. The molecule has 0 N–H and O–H groups in total. The van der Waals surface area contributed by atoms with Gasteiger partial charge in [-0.1, -0.05) is 20.3 Å². The molecule has 4 nitrogen and oxygen atoms in total. The maximum atomic E-state index is 13.3. The third kappa shape index (κ3) is 6.59. The maximum Gasteiger partial charge on any atom is 0.417 e. The van der Waals surface area contributed by atoms with E-state index in [4.69, 9.17) is 9.47 Å². The molecule has 1 unspecified atom stereocenters. The summed E-state index contributed by atoms with van der Waals surface area (Å²) in [5.41, 5.74) is -1.58. The molecule has 11 heteroatoms. The number of pyridine rings is 1. The van der Waals surface area contributed by atoms with Gasteiger partial charge < -0.3 is 9.47 Å². The van der Waals surface area contributed by atoms with Gasteiger partial charge in [0.1, 0.15) is 11.1 Å². The topological polar surface area (TPSA) is 34.6 Å². The molecule has 3 atom stereocenters. The normalized spacial score (nSPS) is 23.1. The number of alkyl halides is 6. The summed E-state index contributed by atoms with van der Waals surface area (Å²) >= 11 is 1.35. The fraction of sp³-hybridized carbons (Fsp3) is 0.560. The molecule has 2 bridgehead atoms. The Morgan fingerprint density at radius 3 is 2.14 bits per heavy atom. The van der Waals surface area contributed by atoms with E-state index in [0.29, 0.717) is 17.9 Å². The first-order valence-corrected chi connectivity index (χ1v) is 12.7. The number of hydrogen-bond donors (Lipinski definition) is 0. The van der Waals surface area contributed by atoms with Crippen LogP contribution in [-0.2, 0) is 12.4 Å². The highest BCUT2D eigenvalue weighted by Crippen LogP contribution is 2.43. The summed E-state index contributed by atoms with van der Waals surface area (Å²) in [6.45, 7) is 4.08. The summed E-state index contributed by atoms with van der Waals surface area (Å²) in [6.07, 6.45) is -4.17. The number of halogens is 6. The van der Waals surface area contributed by atoms with E-state index in [1.807, 2.05) is 13.8 Å². The summed E-state index contributed by atoms with van der Waals surface area (Å²) in [5, 5.41) is 0.492.